The molecule has 7 N–H and O–H groups in total. The van der Waals surface area contributed by atoms with Gasteiger partial charge < -0.3 is 36.3 Å². The smallest absolute Gasteiger partial charge is 0.353 e. The topological polar surface area (TPSA) is 253 Å². The third-order valence-corrected chi connectivity index (χ3v) is 10.7. The van der Waals surface area contributed by atoms with Crippen molar-refractivity contribution in [2.45, 2.75) is 24.1 Å². The second-order valence-electron chi connectivity index (χ2n) is 10.6. The standard InChI is InChI=1S/C31H23N7O9S3/c32-11-18-22(39)23(40)25(50-18)24(30(45)46)47-36-19(16-13-49-31(33)34-16)26(41)35-20-27(42)38-21(29(43)44)15(12-48-28(20)38)7-4-10-37-9-3-6-14-5-1-2-8-17(14)37/h1-9,13,20,24,28H,10,12H2,(H6-,33,34,35,39,40,41,43,44,45,46)/p+1/b7-4+,36-19-/t20-,24?,28-/m1/s1. The minimum atomic E-state index is -2.06. The zero-order valence-corrected chi connectivity index (χ0v) is 27.7. The number of hydrogen-bond donors (Lipinski definition) is 6. The highest BCUT2D eigenvalue weighted by Gasteiger charge is 2.54. The molecule has 1 fully saturated rings. The van der Waals surface area contributed by atoms with Gasteiger partial charge >= 0.3 is 11.9 Å². The second kappa shape index (κ2) is 13.9. The number of carbonyl (C=O) groups excluding carboxylic acids is 2. The maximum absolute atomic E-state index is 13.5. The van der Waals surface area contributed by atoms with E-state index in [4.69, 9.17) is 15.8 Å². The molecule has 2 aliphatic heterocycles. The van der Waals surface area contributed by atoms with Gasteiger partial charge in [0, 0.05) is 28.7 Å². The number of pyridine rings is 1. The number of para-hydroxylation sites is 1. The van der Waals surface area contributed by atoms with Gasteiger partial charge in [0.15, 0.2) is 40.0 Å². The van der Waals surface area contributed by atoms with Crippen LogP contribution in [0.3, 0.4) is 0 Å². The number of carboxylic acid groups (broad SMARTS) is 2. The number of thiazole rings is 1. The largest absolute Gasteiger partial charge is 0.503 e. The minimum absolute atomic E-state index is 0.0270. The maximum atomic E-state index is 13.5. The fourth-order valence-electron chi connectivity index (χ4n) is 5.27. The average molecular weight is 735 g/mol. The van der Waals surface area contributed by atoms with Crippen molar-refractivity contribution in [2.24, 2.45) is 5.16 Å². The Morgan fingerprint density at radius 2 is 1.98 bits per heavy atom. The molecule has 50 heavy (non-hydrogen) atoms. The molecule has 254 valence electrons. The number of nitrogens with two attached hydrogens (primary N) is 1. The van der Waals surface area contributed by atoms with Crippen LogP contribution in [0.25, 0.3) is 10.9 Å². The Bertz CT molecular complexity index is 2200. The lowest BCUT2D eigenvalue weighted by Crippen LogP contribution is -2.71. The number of aliphatic carboxylic acids is 2. The van der Waals surface area contributed by atoms with E-state index in [0.29, 0.717) is 23.5 Å². The number of thiophene rings is 1. The van der Waals surface area contributed by atoms with Crippen molar-refractivity contribution in [2.75, 3.05) is 11.5 Å². The van der Waals surface area contributed by atoms with Crippen LogP contribution in [0.4, 0.5) is 5.13 Å². The van der Waals surface area contributed by atoms with E-state index in [1.165, 1.54) is 17.1 Å². The van der Waals surface area contributed by atoms with Crippen LogP contribution < -0.4 is 15.6 Å². The zero-order valence-electron chi connectivity index (χ0n) is 25.3. The van der Waals surface area contributed by atoms with E-state index in [0.717, 1.165) is 27.1 Å². The van der Waals surface area contributed by atoms with Gasteiger partial charge in [-0.25, -0.2) is 14.6 Å². The molecule has 5 heterocycles. The van der Waals surface area contributed by atoms with Gasteiger partial charge in [-0.05, 0) is 23.8 Å². The monoisotopic (exact) mass is 734 g/mol. The van der Waals surface area contributed by atoms with E-state index in [1.807, 2.05) is 47.2 Å². The fourth-order valence-corrected chi connectivity index (χ4v) is 8.03. The van der Waals surface area contributed by atoms with Gasteiger partial charge in [0.25, 0.3) is 17.9 Å². The predicted octanol–water partition coefficient (Wildman–Crippen LogP) is 2.05. The third kappa shape index (κ3) is 6.29. The lowest BCUT2D eigenvalue weighted by molar-refractivity contribution is -0.661. The Labute approximate surface area is 293 Å². The van der Waals surface area contributed by atoms with Gasteiger partial charge in [0.1, 0.15) is 33.8 Å². The number of benzene rings is 1. The molecule has 0 aliphatic carbocycles. The van der Waals surface area contributed by atoms with Crippen molar-refractivity contribution in [3.05, 3.63) is 86.8 Å². The number of carbonyl (C=O) groups is 4. The first kappa shape index (κ1) is 33.9. The molecule has 3 atom stereocenters. The number of nitrogens with zero attached hydrogens (tertiary/aromatic N) is 5. The molecule has 6 rings (SSSR count). The second-order valence-corrected chi connectivity index (χ2v) is 13.6. The van der Waals surface area contributed by atoms with Crippen molar-refractivity contribution in [1.82, 2.24) is 15.2 Å². The van der Waals surface area contributed by atoms with Gasteiger partial charge in [-0.1, -0.05) is 23.4 Å². The fraction of sp³-hybridized carbons (Fsp3) is 0.161. The Hall–Kier alpha value is -5.97. The summed E-state index contributed by atoms with van der Waals surface area (Å²) in [6, 6.07) is 12.1. The van der Waals surface area contributed by atoms with Crippen molar-refractivity contribution in [1.29, 1.82) is 5.26 Å². The Morgan fingerprint density at radius 3 is 2.66 bits per heavy atom. The third-order valence-electron chi connectivity index (χ3n) is 7.57. The summed E-state index contributed by atoms with van der Waals surface area (Å²) in [5, 5.41) is 56.9. The van der Waals surface area contributed by atoms with Gasteiger partial charge in [-0.2, -0.15) is 9.83 Å². The first-order valence-corrected chi connectivity index (χ1v) is 17.1. The molecule has 19 heteroatoms. The zero-order chi connectivity index (χ0) is 35.7. The van der Waals surface area contributed by atoms with Crippen LogP contribution in [0.15, 0.2) is 76.6 Å². The van der Waals surface area contributed by atoms with E-state index in [2.05, 4.69) is 15.5 Å². The summed E-state index contributed by atoms with van der Waals surface area (Å²) < 4.78 is 2.00. The van der Waals surface area contributed by atoms with Crippen LogP contribution in [0.1, 0.15) is 21.6 Å². The molecule has 1 unspecified atom stereocenters. The number of carboxylic acids is 2. The Balaban J connectivity index is 1.21. The van der Waals surface area contributed by atoms with E-state index in [9.17, 15) is 39.6 Å². The number of oxime groups is 1. The van der Waals surface area contributed by atoms with Crippen molar-refractivity contribution < 1.29 is 49.0 Å². The van der Waals surface area contributed by atoms with Crippen LogP contribution >= 0.6 is 34.4 Å². The summed E-state index contributed by atoms with van der Waals surface area (Å²) in [6.07, 6.45) is 3.32. The summed E-state index contributed by atoms with van der Waals surface area (Å²) >= 11 is 2.61. The molecule has 0 saturated carbocycles. The Morgan fingerprint density at radius 1 is 1.22 bits per heavy atom. The number of aromatic hydroxyl groups is 2. The number of anilines is 1. The number of allylic oxidation sites excluding steroid dienone is 2. The number of rotatable bonds is 11. The van der Waals surface area contributed by atoms with Crippen molar-refractivity contribution >= 4 is 79.9 Å². The molecule has 0 bridgehead atoms. The summed E-state index contributed by atoms with van der Waals surface area (Å²) in [5.74, 6) is -6.25. The van der Waals surface area contributed by atoms with Crippen LogP contribution in [0, 0.1) is 11.3 Å². The van der Waals surface area contributed by atoms with E-state index >= 15 is 0 Å². The number of hydrogen-bond acceptors (Lipinski definition) is 14. The van der Waals surface area contributed by atoms with E-state index < -0.39 is 63.4 Å². The molecule has 0 radical (unpaired) electrons. The van der Waals surface area contributed by atoms with Crippen LogP contribution in [0.5, 0.6) is 11.5 Å². The normalized spacial score (nSPS) is 18.0. The quantitative estimate of drug-likeness (QED) is 0.0559. The summed E-state index contributed by atoms with van der Waals surface area (Å²) in [4.78, 5) is 60.6. The number of nitrogens with one attached hydrogen (secondary N) is 1. The van der Waals surface area contributed by atoms with Crippen LogP contribution in [-0.4, -0.2) is 76.9 Å². The van der Waals surface area contributed by atoms with Crippen molar-refractivity contribution in [3.63, 3.8) is 0 Å². The summed E-state index contributed by atoms with van der Waals surface area (Å²) in [5.41, 5.74) is 6.20. The average Bonchev–Trinajstić information content (AvgIpc) is 3.66. The molecular formula is C31H24N7O9S3+. The summed E-state index contributed by atoms with van der Waals surface area (Å²) in [7, 11) is 0. The van der Waals surface area contributed by atoms with Gasteiger partial charge in [0.05, 0.1) is 0 Å². The van der Waals surface area contributed by atoms with Gasteiger partial charge in [-0.15, -0.1) is 34.4 Å². The Kier molecular flexibility index (Phi) is 9.41. The number of amides is 2. The molecule has 2 aliphatic rings. The van der Waals surface area contributed by atoms with Gasteiger partial charge in [-0.3, -0.25) is 14.5 Å². The highest BCUT2D eigenvalue weighted by molar-refractivity contribution is 8.00. The molecule has 1 saturated heterocycles. The highest BCUT2D eigenvalue weighted by Crippen LogP contribution is 2.44. The van der Waals surface area contributed by atoms with Crippen LogP contribution in [0.2, 0.25) is 0 Å². The molecular weight excluding hydrogens is 711 g/mol. The molecule has 1 aromatic carbocycles. The number of fused-ring (bicyclic) bond motifs is 2. The molecule has 2 amide bonds. The first-order valence-electron chi connectivity index (χ1n) is 14.4. The first-order chi connectivity index (χ1) is 24.0. The highest BCUT2D eigenvalue weighted by atomic mass is 32.2. The molecule has 16 nitrogen and oxygen atoms in total. The van der Waals surface area contributed by atoms with E-state index in [1.54, 1.807) is 18.2 Å². The lowest BCUT2D eigenvalue weighted by atomic mass is 10.0. The lowest BCUT2D eigenvalue weighted by Gasteiger charge is -2.49. The number of nitriles is 1. The summed E-state index contributed by atoms with van der Waals surface area (Å²) in [6.45, 7) is 0.444. The number of nitrogen functional groups attached to an aromatic ring is 1. The molecule has 4 aromatic rings. The maximum Gasteiger partial charge on any atom is 0.353 e. The number of β-lactam (4-membered cyclic amide) rings is 1. The SMILES string of the molecule is N#Cc1sc(C(O/N=C(\C(=O)N[C@@H]2C(=O)N3C(C(=O)O)=C(/C=C/C[n+]4cccc5ccccc54)CS[C@H]23)c2csc(N)n2)C(=O)O)c(O)c1O. The molecule has 0 spiro atoms. The van der Waals surface area contributed by atoms with Crippen LogP contribution in [-0.2, 0) is 30.6 Å². The molecule has 3 aromatic heterocycles. The predicted molar refractivity (Wildman–Crippen MR) is 180 cm³/mol. The van der Waals surface area contributed by atoms with Gasteiger partial charge in [0.2, 0.25) is 5.52 Å². The number of aromatic nitrogens is 2. The minimum Gasteiger partial charge on any atom is -0.503 e. The van der Waals surface area contributed by atoms with Crippen molar-refractivity contribution in [3.8, 4) is 17.6 Å². The van der Waals surface area contributed by atoms with E-state index in [-0.39, 0.29) is 27.2 Å². The number of thioether (sulfide) groups is 1.